The zero-order chi connectivity index (χ0) is 14.8. The van der Waals surface area contributed by atoms with Crippen LogP contribution in [0.4, 0.5) is 0 Å². The van der Waals surface area contributed by atoms with Crippen molar-refractivity contribution in [3.8, 4) is 0 Å². The highest BCUT2D eigenvalue weighted by atomic mass is 32.2. The molecule has 5 nitrogen and oxygen atoms in total. The predicted octanol–water partition coefficient (Wildman–Crippen LogP) is 1.61. The van der Waals surface area contributed by atoms with Crippen LogP contribution in [0.2, 0.25) is 0 Å². The van der Waals surface area contributed by atoms with E-state index in [1.807, 2.05) is 6.07 Å². The van der Waals surface area contributed by atoms with Crippen molar-refractivity contribution >= 4 is 9.84 Å². The van der Waals surface area contributed by atoms with Gasteiger partial charge in [-0.1, -0.05) is 20.8 Å². The molecule has 0 bridgehead atoms. The molecule has 1 unspecified atom stereocenters. The highest BCUT2D eigenvalue weighted by Gasteiger charge is 2.31. The van der Waals surface area contributed by atoms with E-state index in [9.17, 15) is 8.42 Å². The van der Waals surface area contributed by atoms with Crippen LogP contribution in [0, 0.1) is 0 Å². The first-order valence-corrected chi connectivity index (χ1v) is 8.99. The zero-order valence-electron chi connectivity index (χ0n) is 12.4. The lowest BCUT2D eigenvalue weighted by atomic mass is 10.2. The molecule has 112 valence electrons. The summed E-state index contributed by atoms with van der Waals surface area (Å²) in [6.45, 7) is 7.73. The summed E-state index contributed by atoms with van der Waals surface area (Å²) < 4.78 is 23.2. The van der Waals surface area contributed by atoms with Gasteiger partial charge in [-0.15, -0.1) is 0 Å². The lowest BCUT2D eigenvalue weighted by Crippen LogP contribution is -2.35. The molecule has 1 atom stereocenters. The van der Waals surface area contributed by atoms with E-state index in [1.165, 1.54) is 0 Å². The van der Waals surface area contributed by atoms with E-state index in [0.29, 0.717) is 18.2 Å². The Labute approximate surface area is 121 Å². The summed E-state index contributed by atoms with van der Waals surface area (Å²) in [4.78, 5) is 11.0. The van der Waals surface area contributed by atoms with Gasteiger partial charge in [0.15, 0.2) is 9.84 Å². The Balaban J connectivity index is 2.09. The Bertz CT molecular complexity index is 557. The first-order valence-electron chi connectivity index (χ1n) is 7.17. The topological polar surface area (TPSA) is 63.2 Å². The minimum absolute atomic E-state index is 0.127. The monoisotopic (exact) mass is 297 g/mol. The number of aromatic nitrogens is 2. The molecule has 0 N–H and O–H groups in total. The molecular weight excluding hydrogens is 274 g/mol. The standard InChI is InChI=1S/C14H23N3O2S/c1-4-17(13-6-8-20(18,19)10-13)9-12-5-7-15-14(16-12)11(2)3/h5,7,11,13H,4,6,8-10H2,1-3H3. The number of hydrogen-bond acceptors (Lipinski definition) is 5. The zero-order valence-corrected chi connectivity index (χ0v) is 13.2. The maximum Gasteiger partial charge on any atom is 0.151 e. The lowest BCUT2D eigenvalue weighted by molar-refractivity contribution is 0.212. The third-order valence-electron chi connectivity index (χ3n) is 3.74. The molecule has 20 heavy (non-hydrogen) atoms. The quantitative estimate of drug-likeness (QED) is 0.826. The van der Waals surface area contributed by atoms with Crippen LogP contribution in [0.3, 0.4) is 0 Å². The van der Waals surface area contributed by atoms with Gasteiger partial charge in [0.25, 0.3) is 0 Å². The van der Waals surface area contributed by atoms with Crippen molar-refractivity contribution in [1.29, 1.82) is 0 Å². The van der Waals surface area contributed by atoms with Crippen LogP contribution in [0.25, 0.3) is 0 Å². The van der Waals surface area contributed by atoms with Crippen LogP contribution >= 0.6 is 0 Å². The van der Waals surface area contributed by atoms with Crippen LogP contribution in [-0.2, 0) is 16.4 Å². The molecule has 0 aromatic carbocycles. The molecular formula is C14H23N3O2S. The third kappa shape index (κ3) is 3.76. The van der Waals surface area contributed by atoms with Gasteiger partial charge < -0.3 is 0 Å². The van der Waals surface area contributed by atoms with Crippen LogP contribution in [0.15, 0.2) is 12.3 Å². The number of nitrogens with zero attached hydrogens (tertiary/aromatic N) is 3. The van der Waals surface area contributed by atoms with Crippen molar-refractivity contribution in [2.75, 3.05) is 18.1 Å². The summed E-state index contributed by atoms with van der Waals surface area (Å²) in [5.41, 5.74) is 0.967. The van der Waals surface area contributed by atoms with Crippen LogP contribution < -0.4 is 0 Å². The summed E-state index contributed by atoms with van der Waals surface area (Å²) in [5, 5.41) is 0. The minimum atomic E-state index is -2.84. The van der Waals surface area contributed by atoms with E-state index >= 15 is 0 Å². The summed E-state index contributed by atoms with van der Waals surface area (Å²) in [7, 11) is -2.84. The van der Waals surface area contributed by atoms with Crippen molar-refractivity contribution in [3.05, 3.63) is 23.8 Å². The van der Waals surface area contributed by atoms with E-state index in [0.717, 1.165) is 24.5 Å². The molecule has 2 rings (SSSR count). The minimum Gasteiger partial charge on any atom is -0.294 e. The Morgan fingerprint density at radius 3 is 2.75 bits per heavy atom. The number of rotatable bonds is 5. The summed E-state index contributed by atoms with van der Waals surface area (Å²) in [6, 6.07) is 2.04. The van der Waals surface area contributed by atoms with Gasteiger partial charge in [0, 0.05) is 24.7 Å². The molecule has 2 heterocycles. The predicted molar refractivity (Wildman–Crippen MR) is 79.3 cm³/mol. The van der Waals surface area contributed by atoms with Gasteiger partial charge in [0.1, 0.15) is 5.82 Å². The van der Waals surface area contributed by atoms with Gasteiger partial charge in [-0.05, 0) is 19.0 Å². The van der Waals surface area contributed by atoms with Crippen LogP contribution in [0.5, 0.6) is 0 Å². The summed E-state index contributed by atoms with van der Waals surface area (Å²) in [6.07, 6.45) is 2.52. The maximum absolute atomic E-state index is 11.6. The molecule has 0 radical (unpaired) electrons. The molecule has 0 spiro atoms. The molecule has 0 amide bonds. The second-order valence-corrected chi connectivity index (χ2v) is 7.91. The first-order chi connectivity index (χ1) is 9.41. The highest BCUT2D eigenvalue weighted by molar-refractivity contribution is 7.91. The van der Waals surface area contributed by atoms with Gasteiger partial charge in [-0.2, -0.15) is 0 Å². The second-order valence-electron chi connectivity index (χ2n) is 5.68. The summed E-state index contributed by atoms with van der Waals surface area (Å²) in [5.74, 6) is 1.74. The van der Waals surface area contributed by atoms with E-state index in [2.05, 4.69) is 35.6 Å². The van der Waals surface area contributed by atoms with Crippen molar-refractivity contribution in [3.63, 3.8) is 0 Å². The Hall–Kier alpha value is -1.01. The molecule has 1 fully saturated rings. The SMILES string of the molecule is CCN(Cc1ccnc(C(C)C)n1)C1CCS(=O)(=O)C1. The van der Waals surface area contributed by atoms with Gasteiger partial charge in [0.05, 0.1) is 17.2 Å². The van der Waals surface area contributed by atoms with Crippen molar-refractivity contribution in [1.82, 2.24) is 14.9 Å². The van der Waals surface area contributed by atoms with Crippen molar-refractivity contribution in [2.45, 2.75) is 45.7 Å². The van der Waals surface area contributed by atoms with Gasteiger partial charge in [-0.25, -0.2) is 18.4 Å². The smallest absolute Gasteiger partial charge is 0.151 e. The van der Waals surface area contributed by atoms with Gasteiger partial charge in [-0.3, -0.25) is 4.90 Å². The lowest BCUT2D eigenvalue weighted by Gasteiger charge is -2.26. The Kier molecular flexibility index (Phi) is 4.75. The van der Waals surface area contributed by atoms with E-state index < -0.39 is 9.84 Å². The average Bonchev–Trinajstić information content (AvgIpc) is 2.76. The fraction of sp³-hybridized carbons (Fsp3) is 0.714. The largest absolute Gasteiger partial charge is 0.294 e. The normalized spacial score (nSPS) is 21.8. The fourth-order valence-corrected chi connectivity index (χ4v) is 4.31. The highest BCUT2D eigenvalue weighted by Crippen LogP contribution is 2.19. The molecule has 1 saturated heterocycles. The van der Waals surface area contributed by atoms with Gasteiger partial charge in [0.2, 0.25) is 0 Å². The molecule has 1 aliphatic rings. The van der Waals surface area contributed by atoms with E-state index in [1.54, 1.807) is 6.20 Å². The van der Waals surface area contributed by atoms with Crippen molar-refractivity contribution in [2.24, 2.45) is 0 Å². The molecule has 1 aliphatic heterocycles. The Morgan fingerprint density at radius 1 is 1.45 bits per heavy atom. The third-order valence-corrected chi connectivity index (χ3v) is 5.49. The number of hydrogen-bond donors (Lipinski definition) is 0. The summed E-state index contributed by atoms with van der Waals surface area (Å²) >= 11 is 0. The second kappa shape index (κ2) is 6.18. The van der Waals surface area contributed by atoms with Gasteiger partial charge >= 0.3 is 0 Å². The van der Waals surface area contributed by atoms with E-state index in [-0.39, 0.29) is 11.8 Å². The molecule has 1 aromatic heterocycles. The Morgan fingerprint density at radius 2 is 2.20 bits per heavy atom. The molecule has 0 aliphatic carbocycles. The number of sulfone groups is 1. The first kappa shape index (κ1) is 15.4. The average molecular weight is 297 g/mol. The molecule has 1 aromatic rings. The molecule has 6 heteroatoms. The fourth-order valence-electron chi connectivity index (χ4n) is 2.55. The van der Waals surface area contributed by atoms with Crippen LogP contribution in [-0.4, -0.2) is 47.4 Å². The van der Waals surface area contributed by atoms with Crippen molar-refractivity contribution < 1.29 is 8.42 Å². The van der Waals surface area contributed by atoms with E-state index in [4.69, 9.17) is 0 Å². The van der Waals surface area contributed by atoms with Crippen LogP contribution in [0.1, 0.15) is 44.6 Å². The maximum atomic E-state index is 11.6. The molecule has 0 saturated carbocycles.